The lowest BCUT2D eigenvalue weighted by Crippen LogP contribution is -2.37. The number of aliphatic hydroxyl groups excluding tert-OH is 1. The third kappa shape index (κ3) is 42.6. The molecule has 0 rings (SSSR count). The summed E-state index contributed by atoms with van der Waals surface area (Å²) in [6, 6.07) is 0. The van der Waals surface area contributed by atoms with Gasteiger partial charge >= 0.3 is 11.9 Å². The predicted octanol–water partition coefficient (Wildman–Crippen LogP) is 10.7. The highest BCUT2D eigenvalue weighted by molar-refractivity contribution is 7.45. The van der Waals surface area contributed by atoms with Crippen molar-refractivity contribution in [1.29, 1.82) is 0 Å². The van der Waals surface area contributed by atoms with Crippen LogP contribution in [-0.4, -0.2) is 81.2 Å². The zero-order valence-electron chi connectivity index (χ0n) is 37.0. The predicted molar refractivity (Wildman–Crippen MR) is 241 cm³/mol. The second-order valence-corrected chi connectivity index (χ2v) is 16.6. The number of phosphoric ester groups is 1. The van der Waals surface area contributed by atoms with Crippen LogP contribution in [0.5, 0.6) is 0 Å². The van der Waals surface area contributed by atoms with Crippen molar-refractivity contribution in [3.05, 3.63) is 109 Å². The molecule has 334 valence electrons. The highest BCUT2D eigenvalue weighted by atomic mass is 31.2. The molecular weight excluding hydrogens is 766 g/mol. The quantitative estimate of drug-likeness (QED) is 0.0162. The van der Waals surface area contributed by atoms with E-state index in [1.165, 1.54) is 19.3 Å². The minimum absolute atomic E-state index is 0.0244. The summed E-state index contributed by atoms with van der Waals surface area (Å²) in [5, 5.41) is 10.3. The lowest BCUT2D eigenvalue weighted by atomic mass is 10.1. The average Bonchev–Trinajstić information content (AvgIpc) is 3.18. The number of aliphatic hydroxyl groups is 1. The Hall–Kier alpha value is -3.37. The second-order valence-electron chi connectivity index (χ2n) is 15.2. The Morgan fingerprint density at radius 2 is 1.17 bits per heavy atom. The Morgan fingerprint density at radius 3 is 1.73 bits per heavy atom. The van der Waals surface area contributed by atoms with Gasteiger partial charge in [-0.05, 0) is 83.5 Å². The number of unbranched alkanes of at least 4 members (excludes halogenated alkanes) is 4. The Kier molecular flexibility index (Phi) is 36.6. The van der Waals surface area contributed by atoms with E-state index in [4.69, 9.17) is 18.5 Å². The number of carbonyl (C=O) groups is 2. The average molecular weight is 844 g/mol. The number of likely N-dealkylation sites (N-methyl/N-ethyl adjacent to an activating group) is 1. The molecule has 0 aromatic carbocycles. The number of esters is 2. The molecule has 0 saturated carbocycles. The minimum Gasteiger partial charge on any atom is -0.756 e. The van der Waals surface area contributed by atoms with E-state index >= 15 is 0 Å². The lowest BCUT2D eigenvalue weighted by molar-refractivity contribution is -0.870. The van der Waals surface area contributed by atoms with E-state index in [0.29, 0.717) is 36.7 Å². The fourth-order valence-electron chi connectivity index (χ4n) is 4.97. The number of rotatable bonds is 37. The van der Waals surface area contributed by atoms with Crippen LogP contribution in [0.3, 0.4) is 0 Å². The summed E-state index contributed by atoms with van der Waals surface area (Å²) in [5.41, 5.74) is 0. The van der Waals surface area contributed by atoms with Crippen molar-refractivity contribution in [3.63, 3.8) is 0 Å². The van der Waals surface area contributed by atoms with Crippen LogP contribution in [0.1, 0.15) is 123 Å². The van der Waals surface area contributed by atoms with Gasteiger partial charge in [0.05, 0.1) is 33.9 Å². The van der Waals surface area contributed by atoms with Gasteiger partial charge in [-0.1, -0.05) is 136 Å². The molecule has 0 saturated heterocycles. The van der Waals surface area contributed by atoms with Gasteiger partial charge in [0.15, 0.2) is 6.10 Å². The summed E-state index contributed by atoms with van der Waals surface area (Å²) < 4.78 is 33.6. The van der Waals surface area contributed by atoms with Crippen LogP contribution in [0.4, 0.5) is 0 Å². The minimum atomic E-state index is -4.70. The maximum atomic E-state index is 12.7. The fraction of sp³-hybridized carbons (Fsp3) is 0.583. The van der Waals surface area contributed by atoms with E-state index in [9.17, 15) is 24.2 Å². The molecule has 0 amide bonds. The van der Waals surface area contributed by atoms with Gasteiger partial charge in [-0.15, -0.1) is 0 Å². The van der Waals surface area contributed by atoms with Gasteiger partial charge in [-0.3, -0.25) is 14.2 Å². The molecule has 0 heterocycles. The molecule has 0 aromatic heterocycles. The second kappa shape index (κ2) is 38.8. The van der Waals surface area contributed by atoms with Crippen LogP contribution in [0.15, 0.2) is 109 Å². The molecule has 59 heavy (non-hydrogen) atoms. The van der Waals surface area contributed by atoms with Gasteiger partial charge in [-0.25, -0.2) is 0 Å². The number of ether oxygens (including phenoxy) is 2. The van der Waals surface area contributed by atoms with Crippen molar-refractivity contribution in [1.82, 2.24) is 0 Å². The number of carbonyl (C=O) groups excluding carboxylic acids is 2. The van der Waals surface area contributed by atoms with Crippen molar-refractivity contribution in [2.75, 3.05) is 47.5 Å². The van der Waals surface area contributed by atoms with Crippen molar-refractivity contribution in [2.24, 2.45) is 0 Å². The van der Waals surface area contributed by atoms with Crippen molar-refractivity contribution < 1.29 is 47.2 Å². The molecule has 0 radical (unpaired) electrons. The van der Waals surface area contributed by atoms with Crippen LogP contribution in [-0.2, 0) is 32.7 Å². The van der Waals surface area contributed by atoms with Gasteiger partial charge in [0.1, 0.15) is 19.8 Å². The molecule has 0 bridgehead atoms. The molecular formula is C48H78NO9P. The smallest absolute Gasteiger partial charge is 0.306 e. The van der Waals surface area contributed by atoms with Crippen LogP contribution in [0, 0.1) is 0 Å². The zero-order valence-corrected chi connectivity index (χ0v) is 37.9. The van der Waals surface area contributed by atoms with Crippen LogP contribution in [0.2, 0.25) is 0 Å². The van der Waals surface area contributed by atoms with E-state index < -0.39 is 38.6 Å². The first-order valence-corrected chi connectivity index (χ1v) is 23.2. The number of quaternary nitrogens is 1. The van der Waals surface area contributed by atoms with E-state index in [2.05, 4.69) is 92.8 Å². The Balaban J connectivity index is 4.69. The summed E-state index contributed by atoms with van der Waals surface area (Å²) >= 11 is 0. The first-order valence-electron chi connectivity index (χ1n) is 21.7. The fourth-order valence-corrected chi connectivity index (χ4v) is 5.70. The van der Waals surface area contributed by atoms with E-state index in [-0.39, 0.29) is 26.1 Å². The summed E-state index contributed by atoms with van der Waals surface area (Å²) in [7, 11) is 0.995. The van der Waals surface area contributed by atoms with Crippen LogP contribution in [0.25, 0.3) is 0 Å². The molecule has 1 N–H and O–H groups in total. The third-order valence-corrected chi connectivity index (χ3v) is 9.35. The summed E-state index contributed by atoms with van der Waals surface area (Å²) in [4.78, 5) is 37.5. The largest absolute Gasteiger partial charge is 0.756 e. The lowest BCUT2D eigenvalue weighted by Gasteiger charge is -2.28. The number of hydrogen-bond acceptors (Lipinski definition) is 9. The van der Waals surface area contributed by atoms with Gasteiger partial charge < -0.3 is 33.0 Å². The number of hydrogen-bond donors (Lipinski definition) is 1. The Morgan fingerprint density at radius 1 is 0.644 bits per heavy atom. The van der Waals surface area contributed by atoms with Crippen molar-refractivity contribution >= 4 is 19.8 Å². The standard InChI is InChI=1S/C48H78NO9P/c1-6-8-10-12-14-16-18-20-21-22-23-25-27-29-31-33-35-39-47(51)55-43-46(44-57-59(53,54)56-42-41-49(3,4)5)58-48(52)40-36-38-45(50)37-34-32-30-28-26-24-19-17-15-13-11-9-7-2/h9,11,14-17,20-21,23-26,29-32,34,37,45-46,50H,6-8,10,12-13,18-19,22,27-28,33,35-36,38-44H2,1-5H3/b11-9-,16-14-,17-15-,21-20-,25-23-,26-24-,31-29-,32-30-,37-34+/t45?,46-/m1/s1. The number of nitrogens with zero attached hydrogens (tertiary/aromatic N) is 1. The van der Waals surface area contributed by atoms with Gasteiger partial charge in [-0.2, -0.15) is 0 Å². The molecule has 3 atom stereocenters. The molecule has 0 aliphatic heterocycles. The van der Waals surface area contributed by atoms with Crippen LogP contribution < -0.4 is 4.89 Å². The molecule has 2 unspecified atom stereocenters. The van der Waals surface area contributed by atoms with E-state index in [1.54, 1.807) is 12.2 Å². The molecule has 10 nitrogen and oxygen atoms in total. The molecule has 0 aliphatic carbocycles. The molecule has 11 heteroatoms. The molecule has 0 spiro atoms. The summed E-state index contributed by atoms with van der Waals surface area (Å²) in [6.45, 7) is 3.75. The SMILES string of the molecule is CC/C=C\C/C=C\C/C=C\C/C=C\C=C\C(O)CCCC(=O)O[C@H](COC(=O)CCC/C=C\C/C=C\C/C=C\C/C=C\CCCCC)COP(=O)([O-])OCC[N+](C)(C)C. The van der Waals surface area contributed by atoms with E-state index in [0.717, 1.165) is 51.4 Å². The van der Waals surface area contributed by atoms with Gasteiger partial charge in [0, 0.05) is 12.8 Å². The first kappa shape index (κ1) is 55.6. The van der Waals surface area contributed by atoms with E-state index in [1.807, 2.05) is 39.4 Å². The summed E-state index contributed by atoms with van der Waals surface area (Å²) in [6.07, 6.45) is 48.7. The number of phosphoric acid groups is 1. The highest BCUT2D eigenvalue weighted by Crippen LogP contribution is 2.38. The third-order valence-electron chi connectivity index (χ3n) is 8.38. The monoisotopic (exact) mass is 844 g/mol. The first-order chi connectivity index (χ1) is 28.4. The molecule has 0 aliphatic rings. The maximum absolute atomic E-state index is 12.7. The Labute approximate surface area is 358 Å². The van der Waals surface area contributed by atoms with Gasteiger partial charge in [0.2, 0.25) is 0 Å². The number of allylic oxidation sites excluding steroid dienone is 17. The normalized spacial score (nSPS) is 15.2. The molecule has 0 fully saturated rings. The Bertz CT molecular complexity index is 1380. The van der Waals surface area contributed by atoms with Crippen molar-refractivity contribution in [2.45, 2.75) is 135 Å². The van der Waals surface area contributed by atoms with Crippen molar-refractivity contribution in [3.8, 4) is 0 Å². The maximum Gasteiger partial charge on any atom is 0.306 e. The van der Waals surface area contributed by atoms with Gasteiger partial charge in [0.25, 0.3) is 7.82 Å². The zero-order chi connectivity index (χ0) is 43.7. The highest BCUT2D eigenvalue weighted by Gasteiger charge is 2.22. The van der Waals surface area contributed by atoms with Crippen LogP contribution >= 0.6 is 7.82 Å². The molecule has 0 aromatic rings. The summed E-state index contributed by atoms with van der Waals surface area (Å²) in [5.74, 6) is -1.12. The topological polar surface area (TPSA) is 131 Å².